The minimum Gasteiger partial charge on any atom is -0.508 e. The van der Waals surface area contributed by atoms with Crippen LogP contribution in [-0.4, -0.2) is 36.2 Å². The van der Waals surface area contributed by atoms with Gasteiger partial charge in [-0.15, -0.1) is 6.58 Å². The van der Waals surface area contributed by atoms with Crippen molar-refractivity contribution >= 4 is 6.41 Å². The van der Waals surface area contributed by atoms with Crippen molar-refractivity contribution in [3.05, 3.63) is 42.0 Å². The van der Waals surface area contributed by atoms with Crippen molar-refractivity contribution in [3.8, 4) is 5.75 Å². The Morgan fingerprint density at radius 1 is 1.50 bits per heavy atom. The number of aromatic hydroxyl groups is 1. The van der Waals surface area contributed by atoms with E-state index in [1.807, 2.05) is 26.0 Å². The molecule has 1 aliphatic heterocycles. The Labute approximate surface area is 119 Å². The zero-order valence-corrected chi connectivity index (χ0v) is 12.0. The van der Waals surface area contributed by atoms with Gasteiger partial charge in [-0.3, -0.25) is 4.79 Å². The molecule has 0 spiro atoms. The van der Waals surface area contributed by atoms with Crippen molar-refractivity contribution in [3.63, 3.8) is 0 Å². The number of hydrogen-bond acceptors (Lipinski definition) is 3. The first-order valence-electron chi connectivity index (χ1n) is 6.75. The molecule has 0 saturated carbocycles. The predicted molar refractivity (Wildman–Crippen MR) is 77.7 cm³/mol. The third-order valence-corrected chi connectivity index (χ3v) is 3.91. The monoisotopic (exact) mass is 275 g/mol. The fourth-order valence-corrected chi connectivity index (χ4v) is 2.51. The molecular formula is C16H21NO3. The van der Waals surface area contributed by atoms with Crippen molar-refractivity contribution in [2.45, 2.75) is 25.3 Å². The molecule has 1 aromatic carbocycles. The first kappa shape index (κ1) is 14.6. The van der Waals surface area contributed by atoms with Gasteiger partial charge in [-0.2, -0.15) is 0 Å². The maximum atomic E-state index is 11.2. The predicted octanol–water partition coefficient (Wildman–Crippen LogP) is 2.39. The maximum absolute atomic E-state index is 11.2. The van der Waals surface area contributed by atoms with Crippen LogP contribution in [0.15, 0.2) is 30.9 Å². The highest BCUT2D eigenvalue weighted by atomic mass is 16.5. The lowest BCUT2D eigenvalue weighted by atomic mass is 9.80. The van der Waals surface area contributed by atoms with Gasteiger partial charge in [-0.1, -0.05) is 26.0 Å². The van der Waals surface area contributed by atoms with Crippen LogP contribution in [0.1, 0.15) is 31.0 Å². The van der Waals surface area contributed by atoms with Crippen molar-refractivity contribution in [1.82, 2.24) is 4.90 Å². The highest BCUT2D eigenvalue weighted by molar-refractivity contribution is 5.51. The lowest BCUT2D eigenvalue weighted by Crippen LogP contribution is -2.39. The van der Waals surface area contributed by atoms with E-state index < -0.39 is 0 Å². The molecule has 2 rings (SSSR count). The quantitative estimate of drug-likeness (QED) is 0.678. The molecule has 0 aromatic heterocycles. The van der Waals surface area contributed by atoms with Crippen LogP contribution < -0.4 is 0 Å². The molecule has 1 fully saturated rings. The average molecular weight is 275 g/mol. The number of carbonyl (C=O) groups is 1. The summed E-state index contributed by atoms with van der Waals surface area (Å²) in [5, 5.41) is 9.77. The molecule has 1 atom stereocenters. The minimum atomic E-state index is -0.292. The van der Waals surface area contributed by atoms with E-state index in [4.69, 9.17) is 4.74 Å². The standard InChI is InChI=1S/C16H21NO3/c1-4-16(2,3)14-9-12(19)5-6-13(14)15-10-20-8-7-17(15)11-18/h4-6,9,11,15,19H,1,7-8,10H2,2-3H3. The number of allylic oxidation sites excluding steroid dienone is 1. The minimum absolute atomic E-state index is 0.115. The van der Waals surface area contributed by atoms with Gasteiger partial charge in [-0.25, -0.2) is 0 Å². The van der Waals surface area contributed by atoms with Gasteiger partial charge < -0.3 is 14.7 Å². The van der Waals surface area contributed by atoms with Gasteiger partial charge in [-0.05, 0) is 23.3 Å². The zero-order valence-electron chi connectivity index (χ0n) is 12.0. The number of benzene rings is 1. The van der Waals surface area contributed by atoms with Crippen molar-refractivity contribution in [2.75, 3.05) is 19.8 Å². The fraction of sp³-hybridized carbons (Fsp3) is 0.438. The molecule has 1 aromatic rings. The zero-order chi connectivity index (χ0) is 14.8. The van der Waals surface area contributed by atoms with E-state index in [1.54, 1.807) is 17.0 Å². The molecule has 108 valence electrons. The number of morpholine rings is 1. The molecule has 4 nitrogen and oxygen atoms in total. The van der Waals surface area contributed by atoms with E-state index in [9.17, 15) is 9.90 Å². The number of ether oxygens (including phenoxy) is 1. The number of amides is 1. The van der Waals surface area contributed by atoms with Crippen LogP contribution in [0.5, 0.6) is 5.75 Å². The van der Waals surface area contributed by atoms with E-state index >= 15 is 0 Å². The molecule has 1 N–H and O–H groups in total. The number of phenolic OH excluding ortho intramolecular Hbond substituents is 1. The molecule has 1 heterocycles. The number of hydrogen-bond donors (Lipinski definition) is 1. The van der Waals surface area contributed by atoms with Gasteiger partial charge >= 0.3 is 0 Å². The summed E-state index contributed by atoms with van der Waals surface area (Å²) in [5.41, 5.74) is 1.68. The third kappa shape index (κ3) is 2.70. The molecule has 1 unspecified atom stereocenters. The molecule has 0 radical (unpaired) electrons. The van der Waals surface area contributed by atoms with Gasteiger partial charge in [0.25, 0.3) is 0 Å². The van der Waals surface area contributed by atoms with Crippen LogP contribution >= 0.6 is 0 Å². The normalized spacial score (nSPS) is 19.7. The third-order valence-electron chi connectivity index (χ3n) is 3.91. The summed E-state index contributed by atoms with van der Waals surface area (Å²) in [5.74, 6) is 0.216. The first-order valence-corrected chi connectivity index (χ1v) is 6.75. The first-order chi connectivity index (χ1) is 9.49. The van der Waals surface area contributed by atoms with Gasteiger partial charge in [0.15, 0.2) is 0 Å². The lowest BCUT2D eigenvalue weighted by Gasteiger charge is -2.36. The van der Waals surface area contributed by atoms with E-state index in [0.29, 0.717) is 19.8 Å². The molecule has 20 heavy (non-hydrogen) atoms. The topological polar surface area (TPSA) is 49.8 Å². The molecule has 1 amide bonds. The Morgan fingerprint density at radius 3 is 2.90 bits per heavy atom. The average Bonchev–Trinajstić information content (AvgIpc) is 2.47. The van der Waals surface area contributed by atoms with Crippen LogP contribution in [-0.2, 0) is 14.9 Å². The number of phenols is 1. The summed E-state index contributed by atoms with van der Waals surface area (Å²) in [4.78, 5) is 13.0. The second-order valence-corrected chi connectivity index (χ2v) is 5.63. The molecule has 1 saturated heterocycles. The number of rotatable bonds is 4. The summed E-state index contributed by atoms with van der Waals surface area (Å²) < 4.78 is 5.51. The SMILES string of the molecule is C=CC(C)(C)c1cc(O)ccc1C1COCCN1C=O. The summed E-state index contributed by atoms with van der Waals surface area (Å²) in [6, 6.07) is 5.15. The highest BCUT2D eigenvalue weighted by Crippen LogP contribution is 2.36. The molecule has 4 heteroatoms. The van der Waals surface area contributed by atoms with E-state index in [0.717, 1.165) is 17.5 Å². The molecule has 0 aliphatic carbocycles. The maximum Gasteiger partial charge on any atom is 0.210 e. The van der Waals surface area contributed by atoms with Crippen LogP contribution in [0.2, 0.25) is 0 Å². The Kier molecular flexibility index (Phi) is 4.14. The summed E-state index contributed by atoms with van der Waals surface area (Å²) in [6.45, 7) is 9.56. The summed E-state index contributed by atoms with van der Waals surface area (Å²) in [6.07, 6.45) is 2.71. The Balaban J connectivity index is 2.50. The molecule has 1 aliphatic rings. The Hall–Kier alpha value is -1.81. The lowest BCUT2D eigenvalue weighted by molar-refractivity contribution is -0.126. The van der Waals surface area contributed by atoms with Gasteiger partial charge in [0, 0.05) is 12.0 Å². The largest absolute Gasteiger partial charge is 0.508 e. The number of carbonyl (C=O) groups excluding carboxylic acids is 1. The summed E-state index contributed by atoms with van der Waals surface area (Å²) >= 11 is 0. The van der Waals surface area contributed by atoms with Gasteiger partial charge in [0.05, 0.1) is 19.3 Å². The summed E-state index contributed by atoms with van der Waals surface area (Å²) in [7, 11) is 0. The van der Waals surface area contributed by atoms with Crippen LogP contribution in [0.25, 0.3) is 0 Å². The number of nitrogens with zero attached hydrogens (tertiary/aromatic N) is 1. The van der Waals surface area contributed by atoms with Gasteiger partial charge in [0.2, 0.25) is 6.41 Å². The van der Waals surface area contributed by atoms with Gasteiger partial charge in [0.1, 0.15) is 5.75 Å². The molecular weight excluding hydrogens is 254 g/mol. The second kappa shape index (κ2) is 5.67. The van der Waals surface area contributed by atoms with Crippen molar-refractivity contribution in [1.29, 1.82) is 0 Å². The van der Waals surface area contributed by atoms with Crippen LogP contribution in [0.3, 0.4) is 0 Å². The van der Waals surface area contributed by atoms with E-state index in [2.05, 4.69) is 6.58 Å². The van der Waals surface area contributed by atoms with E-state index in [1.165, 1.54) is 0 Å². The van der Waals surface area contributed by atoms with Crippen LogP contribution in [0, 0.1) is 0 Å². The smallest absolute Gasteiger partial charge is 0.210 e. The Bertz CT molecular complexity index is 510. The van der Waals surface area contributed by atoms with Crippen molar-refractivity contribution in [2.24, 2.45) is 0 Å². The van der Waals surface area contributed by atoms with Crippen LogP contribution in [0.4, 0.5) is 0 Å². The van der Waals surface area contributed by atoms with Crippen molar-refractivity contribution < 1.29 is 14.6 Å². The fourth-order valence-electron chi connectivity index (χ4n) is 2.51. The Morgan fingerprint density at radius 2 is 2.25 bits per heavy atom. The van der Waals surface area contributed by atoms with E-state index in [-0.39, 0.29) is 17.2 Å². The second-order valence-electron chi connectivity index (χ2n) is 5.63. The highest BCUT2D eigenvalue weighted by Gasteiger charge is 2.29. The molecule has 0 bridgehead atoms.